The van der Waals surface area contributed by atoms with Crippen LogP contribution in [0.15, 0.2) is 29.6 Å². The zero-order valence-corrected chi connectivity index (χ0v) is 9.47. The second-order valence-corrected chi connectivity index (χ2v) is 4.40. The molecule has 2 rings (SSSR count). The van der Waals surface area contributed by atoms with Crippen molar-refractivity contribution in [3.05, 3.63) is 34.5 Å². The van der Waals surface area contributed by atoms with Gasteiger partial charge in [-0.05, 0) is 41.6 Å². The van der Waals surface area contributed by atoms with Gasteiger partial charge >= 0.3 is 0 Å². The summed E-state index contributed by atoms with van der Waals surface area (Å²) in [5.41, 5.74) is 2.19. The molecule has 2 aromatic rings. The average molecular weight is 220 g/mol. The van der Waals surface area contributed by atoms with Gasteiger partial charge in [0.25, 0.3) is 0 Å². The van der Waals surface area contributed by atoms with Crippen molar-refractivity contribution < 1.29 is 9.84 Å². The Kier molecular flexibility index (Phi) is 2.64. The molecule has 0 spiro atoms. The number of aromatic hydroxyl groups is 1. The third-order valence-corrected chi connectivity index (χ3v) is 3.19. The number of rotatable bonds is 2. The summed E-state index contributed by atoms with van der Waals surface area (Å²) in [7, 11) is 1.55. The highest BCUT2D eigenvalue weighted by Gasteiger charge is 2.06. The van der Waals surface area contributed by atoms with Gasteiger partial charge in [0.2, 0.25) is 0 Å². The lowest BCUT2D eigenvalue weighted by Gasteiger charge is -2.05. The van der Waals surface area contributed by atoms with Gasteiger partial charge in [0, 0.05) is 4.88 Å². The van der Waals surface area contributed by atoms with Crippen molar-refractivity contribution in [1.29, 1.82) is 0 Å². The van der Waals surface area contributed by atoms with Crippen LogP contribution < -0.4 is 4.74 Å². The number of hydrogen-bond acceptors (Lipinski definition) is 3. The quantitative estimate of drug-likeness (QED) is 0.840. The molecule has 1 N–H and O–H groups in total. The Morgan fingerprint density at radius 2 is 2.07 bits per heavy atom. The van der Waals surface area contributed by atoms with Gasteiger partial charge in [0.15, 0.2) is 11.5 Å². The Morgan fingerprint density at radius 1 is 1.27 bits per heavy atom. The Hall–Kier alpha value is -1.48. The Labute approximate surface area is 92.8 Å². The first-order chi connectivity index (χ1) is 7.22. The maximum Gasteiger partial charge on any atom is 0.160 e. The Morgan fingerprint density at radius 3 is 2.60 bits per heavy atom. The van der Waals surface area contributed by atoms with Crippen LogP contribution in [0.2, 0.25) is 0 Å². The van der Waals surface area contributed by atoms with Crippen LogP contribution in [0, 0.1) is 6.92 Å². The molecule has 0 aliphatic heterocycles. The maximum atomic E-state index is 9.66. The molecule has 78 valence electrons. The fourth-order valence-corrected chi connectivity index (χ4v) is 2.26. The Balaban J connectivity index is 2.47. The normalized spacial score (nSPS) is 10.3. The number of methoxy groups -OCH3 is 1. The maximum absolute atomic E-state index is 9.66. The molecule has 3 heteroatoms. The summed E-state index contributed by atoms with van der Waals surface area (Å²) < 4.78 is 5.00. The van der Waals surface area contributed by atoms with Gasteiger partial charge in [-0.25, -0.2) is 0 Å². The lowest BCUT2D eigenvalue weighted by molar-refractivity contribution is 0.373. The van der Waals surface area contributed by atoms with Crippen molar-refractivity contribution in [2.24, 2.45) is 0 Å². The molecule has 2 nitrogen and oxygen atoms in total. The molecule has 0 aliphatic carbocycles. The molecule has 1 aromatic heterocycles. The molecule has 0 aliphatic rings. The molecule has 0 atom stereocenters. The molecule has 0 saturated heterocycles. The largest absolute Gasteiger partial charge is 0.504 e. The topological polar surface area (TPSA) is 29.5 Å². The standard InChI is InChI=1S/C12H12O2S/c1-8-10(5-6-15-8)9-3-4-12(14-2)11(13)7-9/h3-7,13H,1-2H3. The highest BCUT2D eigenvalue weighted by Crippen LogP contribution is 2.34. The monoisotopic (exact) mass is 220 g/mol. The van der Waals surface area contributed by atoms with Crippen LogP contribution in [0.4, 0.5) is 0 Å². The van der Waals surface area contributed by atoms with Gasteiger partial charge in [0.1, 0.15) is 0 Å². The number of hydrogen-bond donors (Lipinski definition) is 1. The predicted molar refractivity (Wildman–Crippen MR) is 62.7 cm³/mol. The zero-order chi connectivity index (χ0) is 10.8. The zero-order valence-electron chi connectivity index (χ0n) is 8.65. The summed E-state index contributed by atoms with van der Waals surface area (Å²) in [6, 6.07) is 7.52. The number of phenolic OH excluding ortho intramolecular Hbond substituents is 1. The molecular formula is C12H12O2S. The first-order valence-electron chi connectivity index (χ1n) is 4.64. The first-order valence-corrected chi connectivity index (χ1v) is 5.52. The van der Waals surface area contributed by atoms with Crippen molar-refractivity contribution in [2.75, 3.05) is 7.11 Å². The number of ether oxygens (including phenoxy) is 1. The van der Waals surface area contributed by atoms with Crippen LogP contribution in [0.25, 0.3) is 11.1 Å². The van der Waals surface area contributed by atoms with Crippen molar-refractivity contribution in [1.82, 2.24) is 0 Å². The van der Waals surface area contributed by atoms with E-state index in [1.807, 2.05) is 11.4 Å². The van der Waals surface area contributed by atoms with Crippen molar-refractivity contribution in [2.45, 2.75) is 6.92 Å². The van der Waals surface area contributed by atoms with Gasteiger partial charge in [-0.3, -0.25) is 0 Å². The minimum atomic E-state index is 0.181. The van der Waals surface area contributed by atoms with Crippen LogP contribution in [-0.2, 0) is 0 Å². The van der Waals surface area contributed by atoms with E-state index in [-0.39, 0.29) is 5.75 Å². The van der Waals surface area contributed by atoms with Gasteiger partial charge in [0.05, 0.1) is 7.11 Å². The summed E-state index contributed by atoms with van der Waals surface area (Å²) >= 11 is 1.70. The van der Waals surface area contributed by atoms with E-state index in [0.717, 1.165) is 11.1 Å². The minimum absolute atomic E-state index is 0.181. The van der Waals surface area contributed by atoms with Gasteiger partial charge in [-0.15, -0.1) is 11.3 Å². The van der Waals surface area contributed by atoms with Crippen LogP contribution in [0.1, 0.15) is 4.88 Å². The number of benzene rings is 1. The molecule has 1 aromatic carbocycles. The fraction of sp³-hybridized carbons (Fsp3) is 0.167. The van der Waals surface area contributed by atoms with Gasteiger partial charge < -0.3 is 9.84 Å². The molecule has 0 fully saturated rings. The molecule has 0 amide bonds. The second-order valence-electron chi connectivity index (χ2n) is 3.28. The lowest BCUT2D eigenvalue weighted by Crippen LogP contribution is -1.84. The molecule has 15 heavy (non-hydrogen) atoms. The van der Waals surface area contributed by atoms with E-state index < -0.39 is 0 Å². The van der Waals surface area contributed by atoms with Crippen molar-refractivity contribution in [3.8, 4) is 22.6 Å². The van der Waals surface area contributed by atoms with E-state index in [1.165, 1.54) is 4.88 Å². The van der Waals surface area contributed by atoms with E-state index >= 15 is 0 Å². The van der Waals surface area contributed by atoms with E-state index in [0.29, 0.717) is 5.75 Å². The predicted octanol–water partition coefficient (Wildman–Crippen LogP) is 3.44. The number of aryl methyl sites for hydroxylation is 1. The number of phenols is 1. The van der Waals surface area contributed by atoms with E-state index in [4.69, 9.17) is 4.74 Å². The third kappa shape index (κ3) is 1.83. The van der Waals surface area contributed by atoms with E-state index in [9.17, 15) is 5.11 Å². The summed E-state index contributed by atoms with van der Waals surface area (Å²) in [4.78, 5) is 1.25. The van der Waals surface area contributed by atoms with E-state index in [2.05, 4.69) is 13.0 Å². The summed E-state index contributed by atoms with van der Waals surface area (Å²) in [5, 5.41) is 11.7. The summed E-state index contributed by atoms with van der Waals surface area (Å²) in [5.74, 6) is 0.687. The van der Waals surface area contributed by atoms with Crippen LogP contribution in [0.5, 0.6) is 11.5 Å². The molecule has 0 unspecified atom stereocenters. The second kappa shape index (κ2) is 3.95. The third-order valence-electron chi connectivity index (χ3n) is 2.35. The van der Waals surface area contributed by atoms with E-state index in [1.54, 1.807) is 30.6 Å². The first kappa shape index (κ1) is 10.1. The molecule has 1 heterocycles. The minimum Gasteiger partial charge on any atom is -0.504 e. The van der Waals surface area contributed by atoms with Crippen LogP contribution in [-0.4, -0.2) is 12.2 Å². The average Bonchev–Trinajstić information content (AvgIpc) is 2.64. The molecule has 0 saturated carbocycles. The smallest absolute Gasteiger partial charge is 0.160 e. The van der Waals surface area contributed by atoms with Gasteiger partial charge in [-0.1, -0.05) is 6.07 Å². The number of thiophene rings is 1. The summed E-state index contributed by atoms with van der Waals surface area (Å²) in [6.07, 6.45) is 0. The van der Waals surface area contributed by atoms with Crippen LogP contribution in [0.3, 0.4) is 0 Å². The molecule has 0 bridgehead atoms. The fourth-order valence-electron chi connectivity index (χ4n) is 1.54. The highest BCUT2D eigenvalue weighted by atomic mass is 32.1. The lowest BCUT2D eigenvalue weighted by atomic mass is 10.1. The van der Waals surface area contributed by atoms with Gasteiger partial charge in [-0.2, -0.15) is 0 Å². The molecule has 0 radical (unpaired) electrons. The SMILES string of the molecule is COc1ccc(-c2ccsc2C)cc1O. The molecular weight excluding hydrogens is 208 g/mol. The highest BCUT2D eigenvalue weighted by molar-refractivity contribution is 7.10. The van der Waals surface area contributed by atoms with Crippen molar-refractivity contribution in [3.63, 3.8) is 0 Å². The van der Waals surface area contributed by atoms with Crippen LogP contribution >= 0.6 is 11.3 Å². The van der Waals surface area contributed by atoms with Crippen molar-refractivity contribution >= 4 is 11.3 Å². The summed E-state index contributed by atoms with van der Waals surface area (Å²) in [6.45, 7) is 2.07. The Bertz CT molecular complexity index is 474.